The molecular formula is C16H23N5O2. The molecule has 124 valence electrons. The van der Waals surface area contributed by atoms with Crippen LogP contribution in [0.3, 0.4) is 0 Å². The van der Waals surface area contributed by atoms with Crippen LogP contribution in [0.15, 0.2) is 4.52 Å². The molecule has 7 nitrogen and oxygen atoms in total. The highest BCUT2D eigenvalue weighted by Gasteiger charge is 2.21. The van der Waals surface area contributed by atoms with Crippen molar-refractivity contribution in [3.05, 3.63) is 28.7 Å². The molecule has 2 aromatic heterocycles. The number of nitrogens with zero attached hydrogens (tertiary/aromatic N) is 4. The van der Waals surface area contributed by atoms with E-state index >= 15 is 0 Å². The van der Waals surface area contributed by atoms with E-state index in [-0.39, 0.29) is 18.4 Å². The third-order valence-electron chi connectivity index (χ3n) is 4.42. The smallest absolute Gasteiger partial charge is 0.225 e. The molecule has 3 rings (SSSR count). The molecule has 1 amide bonds. The molecule has 0 bridgehead atoms. The van der Waals surface area contributed by atoms with Gasteiger partial charge in [-0.25, -0.2) is 0 Å². The van der Waals surface area contributed by atoms with Crippen molar-refractivity contribution >= 4 is 5.91 Å². The summed E-state index contributed by atoms with van der Waals surface area (Å²) in [5.74, 6) is 2.51. The van der Waals surface area contributed by atoms with Crippen LogP contribution in [-0.2, 0) is 24.2 Å². The molecule has 0 spiro atoms. The van der Waals surface area contributed by atoms with Crippen LogP contribution < -0.4 is 5.32 Å². The van der Waals surface area contributed by atoms with Gasteiger partial charge in [-0.15, -0.1) is 10.2 Å². The number of amides is 1. The molecule has 1 N–H and O–H groups in total. The van der Waals surface area contributed by atoms with Crippen molar-refractivity contribution in [3.8, 4) is 0 Å². The fourth-order valence-corrected chi connectivity index (χ4v) is 3.10. The largest absolute Gasteiger partial charge is 0.361 e. The van der Waals surface area contributed by atoms with Crippen LogP contribution in [0.5, 0.6) is 0 Å². The van der Waals surface area contributed by atoms with Crippen LogP contribution in [-0.4, -0.2) is 25.8 Å². The van der Waals surface area contributed by atoms with Crippen LogP contribution in [0.1, 0.15) is 60.9 Å². The Morgan fingerprint density at radius 2 is 2.13 bits per heavy atom. The van der Waals surface area contributed by atoms with Crippen LogP contribution in [0.4, 0.5) is 0 Å². The van der Waals surface area contributed by atoms with Gasteiger partial charge < -0.3 is 14.4 Å². The number of nitrogens with one attached hydrogen (secondary N) is 1. The van der Waals surface area contributed by atoms with Gasteiger partial charge in [0.25, 0.3) is 0 Å². The fraction of sp³-hybridized carbons (Fsp3) is 0.625. The second kappa shape index (κ2) is 6.52. The number of hydrogen-bond acceptors (Lipinski definition) is 5. The minimum absolute atomic E-state index is 0.0575. The molecule has 3 heterocycles. The van der Waals surface area contributed by atoms with E-state index in [2.05, 4.69) is 25.2 Å². The minimum Gasteiger partial charge on any atom is -0.361 e. The lowest BCUT2D eigenvalue weighted by Gasteiger charge is -2.15. The summed E-state index contributed by atoms with van der Waals surface area (Å²) in [6.07, 6.45) is 4.75. The first-order valence-corrected chi connectivity index (χ1v) is 8.19. The third-order valence-corrected chi connectivity index (χ3v) is 4.42. The maximum atomic E-state index is 12.3. The maximum absolute atomic E-state index is 12.3. The van der Waals surface area contributed by atoms with Gasteiger partial charge in [0.05, 0.1) is 18.2 Å². The fourth-order valence-electron chi connectivity index (χ4n) is 3.10. The average Bonchev–Trinajstić information content (AvgIpc) is 2.96. The Morgan fingerprint density at radius 3 is 2.87 bits per heavy atom. The average molecular weight is 317 g/mol. The zero-order valence-corrected chi connectivity index (χ0v) is 13.9. The lowest BCUT2D eigenvalue weighted by molar-refractivity contribution is -0.121. The normalized spacial score (nSPS) is 15.8. The van der Waals surface area contributed by atoms with Gasteiger partial charge in [-0.2, -0.15) is 0 Å². The molecule has 0 saturated carbocycles. The monoisotopic (exact) mass is 317 g/mol. The van der Waals surface area contributed by atoms with Gasteiger partial charge in [0.15, 0.2) is 5.82 Å². The van der Waals surface area contributed by atoms with Crippen molar-refractivity contribution < 1.29 is 9.32 Å². The molecule has 0 fully saturated rings. The summed E-state index contributed by atoms with van der Waals surface area (Å²) >= 11 is 0. The maximum Gasteiger partial charge on any atom is 0.225 e. The summed E-state index contributed by atoms with van der Waals surface area (Å²) in [4.78, 5) is 12.3. The molecular weight excluding hydrogens is 294 g/mol. The van der Waals surface area contributed by atoms with E-state index in [9.17, 15) is 4.79 Å². The molecule has 1 aliphatic rings. The van der Waals surface area contributed by atoms with Crippen molar-refractivity contribution in [2.45, 2.75) is 65.5 Å². The molecule has 0 saturated heterocycles. The van der Waals surface area contributed by atoms with Crippen molar-refractivity contribution in [1.29, 1.82) is 0 Å². The summed E-state index contributed by atoms with van der Waals surface area (Å²) in [6, 6.07) is -0.165. The molecule has 0 aromatic carbocycles. The van der Waals surface area contributed by atoms with Crippen molar-refractivity contribution in [2.24, 2.45) is 0 Å². The Hall–Kier alpha value is -2.18. The molecule has 0 aliphatic carbocycles. The number of aryl methyl sites for hydroxylation is 3. The van der Waals surface area contributed by atoms with Crippen LogP contribution >= 0.6 is 0 Å². The number of hydrogen-bond donors (Lipinski definition) is 1. The second-order valence-electron chi connectivity index (χ2n) is 6.21. The Kier molecular flexibility index (Phi) is 4.45. The number of carbonyl (C=O) groups excluding carboxylic acids is 1. The Bertz CT molecular complexity index is 684. The van der Waals surface area contributed by atoms with Crippen molar-refractivity contribution in [2.75, 3.05) is 0 Å². The summed E-state index contributed by atoms with van der Waals surface area (Å²) in [6.45, 7) is 6.56. The van der Waals surface area contributed by atoms with Crippen LogP contribution in [0, 0.1) is 13.8 Å². The SMILES string of the molecule is Cc1noc(C)c1CC(=O)N[C@H](C)c1nnc2n1CCCCC2. The molecule has 7 heteroatoms. The van der Waals surface area contributed by atoms with Crippen molar-refractivity contribution in [3.63, 3.8) is 0 Å². The molecule has 1 aliphatic heterocycles. The zero-order chi connectivity index (χ0) is 16.4. The highest BCUT2D eigenvalue weighted by atomic mass is 16.5. The van der Waals surface area contributed by atoms with Gasteiger partial charge in [-0.1, -0.05) is 11.6 Å². The summed E-state index contributed by atoms with van der Waals surface area (Å²) < 4.78 is 7.27. The summed E-state index contributed by atoms with van der Waals surface area (Å²) in [7, 11) is 0. The Morgan fingerprint density at radius 1 is 1.30 bits per heavy atom. The first-order valence-electron chi connectivity index (χ1n) is 8.19. The van der Waals surface area contributed by atoms with E-state index in [1.807, 2.05) is 20.8 Å². The predicted octanol–water partition coefficient (Wildman–Crippen LogP) is 2.03. The lowest BCUT2D eigenvalue weighted by Crippen LogP contribution is -2.30. The Balaban J connectivity index is 1.68. The van der Waals surface area contributed by atoms with E-state index < -0.39 is 0 Å². The van der Waals surface area contributed by atoms with Crippen molar-refractivity contribution in [1.82, 2.24) is 25.2 Å². The molecule has 23 heavy (non-hydrogen) atoms. The number of fused-ring (bicyclic) bond motifs is 1. The van der Waals surface area contributed by atoms with Gasteiger partial charge in [0, 0.05) is 18.5 Å². The standard InChI is InChI=1S/C16H23N5O2/c1-10-13(12(3)23-20-10)9-15(22)17-11(2)16-19-18-14-7-5-4-6-8-21(14)16/h11H,4-9H2,1-3H3,(H,17,22)/t11-/m1/s1. The quantitative estimate of drug-likeness (QED) is 0.932. The molecule has 0 radical (unpaired) electrons. The lowest BCUT2D eigenvalue weighted by atomic mass is 10.1. The van der Waals surface area contributed by atoms with E-state index in [1.165, 1.54) is 6.42 Å². The van der Waals surface area contributed by atoms with Gasteiger partial charge in [0.2, 0.25) is 5.91 Å². The van der Waals surface area contributed by atoms with E-state index in [1.54, 1.807) is 0 Å². The van der Waals surface area contributed by atoms with E-state index in [0.29, 0.717) is 5.76 Å². The van der Waals surface area contributed by atoms with Crippen LogP contribution in [0.25, 0.3) is 0 Å². The number of rotatable bonds is 4. The zero-order valence-electron chi connectivity index (χ0n) is 13.9. The summed E-state index contributed by atoms with van der Waals surface area (Å²) in [5.41, 5.74) is 1.62. The highest BCUT2D eigenvalue weighted by molar-refractivity contribution is 5.79. The van der Waals surface area contributed by atoms with Gasteiger partial charge in [-0.05, 0) is 33.6 Å². The van der Waals surface area contributed by atoms with E-state index in [0.717, 1.165) is 48.7 Å². The van der Waals surface area contributed by atoms with Gasteiger partial charge >= 0.3 is 0 Å². The molecule has 0 unspecified atom stereocenters. The molecule has 1 atom stereocenters. The number of aromatic nitrogens is 4. The van der Waals surface area contributed by atoms with E-state index in [4.69, 9.17) is 4.52 Å². The first-order chi connectivity index (χ1) is 11.1. The topological polar surface area (TPSA) is 85.8 Å². The molecule has 2 aromatic rings. The highest BCUT2D eigenvalue weighted by Crippen LogP contribution is 2.19. The minimum atomic E-state index is -0.165. The predicted molar refractivity (Wildman–Crippen MR) is 83.8 cm³/mol. The van der Waals surface area contributed by atoms with Gasteiger partial charge in [0.1, 0.15) is 11.6 Å². The Labute approximate surface area is 135 Å². The number of carbonyl (C=O) groups is 1. The summed E-state index contributed by atoms with van der Waals surface area (Å²) in [5, 5.41) is 15.5. The van der Waals surface area contributed by atoms with Crippen LogP contribution in [0.2, 0.25) is 0 Å². The third kappa shape index (κ3) is 3.28. The second-order valence-corrected chi connectivity index (χ2v) is 6.21. The first kappa shape index (κ1) is 15.7. The van der Waals surface area contributed by atoms with Gasteiger partial charge in [-0.3, -0.25) is 4.79 Å².